The van der Waals surface area contributed by atoms with Crippen LogP contribution in [0.5, 0.6) is 0 Å². The second-order valence-corrected chi connectivity index (χ2v) is 5.43. The van der Waals surface area contributed by atoms with E-state index in [2.05, 4.69) is 30.6 Å². The van der Waals surface area contributed by atoms with E-state index in [1.807, 2.05) is 27.7 Å². The van der Waals surface area contributed by atoms with Crippen molar-refractivity contribution in [2.24, 2.45) is 5.41 Å². The Hall–Kier alpha value is -0.0800. The molecule has 2 saturated heterocycles. The molecule has 2 aliphatic rings. The topological polar surface area (TPSA) is 6.48 Å². The summed E-state index contributed by atoms with van der Waals surface area (Å²) < 4.78 is 0. The molecule has 0 aromatic heterocycles. The van der Waals surface area contributed by atoms with Crippen LogP contribution in [-0.4, -0.2) is 48.6 Å². The van der Waals surface area contributed by atoms with E-state index in [0.717, 1.165) is 6.04 Å². The van der Waals surface area contributed by atoms with Crippen LogP contribution in [0, 0.1) is 5.41 Å². The molecule has 2 rings (SSSR count). The zero-order valence-electron chi connectivity index (χ0n) is 13.9. The van der Waals surface area contributed by atoms with Gasteiger partial charge in [-0.25, -0.2) is 0 Å². The molecule has 18 heavy (non-hydrogen) atoms. The van der Waals surface area contributed by atoms with Gasteiger partial charge in [0.1, 0.15) is 0 Å². The molecule has 2 aliphatic heterocycles. The maximum Gasteiger partial charge on any atom is 0.00539 e. The van der Waals surface area contributed by atoms with Crippen LogP contribution < -0.4 is 0 Å². The lowest BCUT2D eigenvalue weighted by Crippen LogP contribution is -2.33. The predicted molar refractivity (Wildman–Crippen MR) is 83.2 cm³/mol. The molecule has 2 fully saturated rings. The zero-order chi connectivity index (χ0) is 14.2. The van der Waals surface area contributed by atoms with Gasteiger partial charge in [0.2, 0.25) is 0 Å². The minimum Gasteiger partial charge on any atom is -0.303 e. The zero-order valence-corrected chi connectivity index (χ0v) is 13.9. The monoisotopic (exact) mass is 256 g/mol. The van der Waals surface area contributed by atoms with Crippen molar-refractivity contribution in [1.82, 2.24) is 9.80 Å². The van der Waals surface area contributed by atoms with Crippen LogP contribution >= 0.6 is 0 Å². The Morgan fingerprint density at radius 1 is 0.944 bits per heavy atom. The summed E-state index contributed by atoms with van der Waals surface area (Å²) in [6.45, 7) is 21.5. The maximum absolute atomic E-state index is 2.65. The average molecular weight is 256 g/mol. The number of rotatable bonds is 2. The molecule has 0 radical (unpaired) electrons. The third-order valence-corrected chi connectivity index (χ3v) is 4.16. The lowest BCUT2D eigenvalue weighted by molar-refractivity contribution is 0.218. The fourth-order valence-corrected chi connectivity index (χ4v) is 3.04. The second-order valence-electron chi connectivity index (χ2n) is 5.43. The summed E-state index contributed by atoms with van der Waals surface area (Å²) >= 11 is 0. The lowest BCUT2D eigenvalue weighted by atomic mass is 9.86. The number of hydrogen-bond donors (Lipinski definition) is 0. The molecule has 0 bridgehead atoms. The highest BCUT2D eigenvalue weighted by Gasteiger charge is 2.43. The van der Waals surface area contributed by atoms with Crippen molar-refractivity contribution in [2.75, 3.05) is 32.7 Å². The molecule has 0 aliphatic carbocycles. The number of hydrogen-bond acceptors (Lipinski definition) is 2. The SMILES string of the molecule is CC.CC.CCN1CCC2(CCN(C(C)C)C2)C1. The summed E-state index contributed by atoms with van der Waals surface area (Å²) in [6.07, 6.45) is 2.87. The van der Waals surface area contributed by atoms with E-state index in [0.29, 0.717) is 5.41 Å². The van der Waals surface area contributed by atoms with E-state index >= 15 is 0 Å². The first-order valence-corrected chi connectivity index (χ1v) is 8.12. The highest BCUT2D eigenvalue weighted by molar-refractivity contribution is 4.97. The summed E-state index contributed by atoms with van der Waals surface area (Å²) in [5, 5.41) is 0. The molecular formula is C16H36N2. The van der Waals surface area contributed by atoms with Crippen LogP contribution in [0.25, 0.3) is 0 Å². The van der Waals surface area contributed by atoms with E-state index in [-0.39, 0.29) is 0 Å². The second kappa shape index (κ2) is 8.92. The van der Waals surface area contributed by atoms with Gasteiger partial charge in [-0.3, -0.25) is 0 Å². The quantitative estimate of drug-likeness (QED) is 0.740. The first-order valence-electron chi connectivity index (χ1n) is 8.12. The van der Waals surface area contributed by atoms with Gasteiger partial charge in [0.25, 0.3) is 0 Å². The Morgan fingerprint density at radius 3 is 1.89 bits per heavy atom. The molecule has 1 unspecified atom stereocenters. The fourth-order valence-electron chi connectivity index (χ4n) is 3.04. The third-order valence-electron chi connectivity index (χ3n) is 4.16. The Bertz CT molecular complexity index is 203. The average Bonchev–Trinajstić information content (AvgIpc) is 3.02. The maximum atomic E-state index is 2.65. The molecule has 0 aromatic carbocycles. The van der Waals surface area contributed by atoms with Crippen LogP contribution in [0.15, 0.2) is 0 Å². The molecule has 2 heteroatoms. The highest BCUT2D eigenvalue weighted by Crippen LogP contribution is 2.39. The van der Waals surface area contributed by atoms with Gasteiger partial charge >= 0.3 is 0 Å². The van der Waals surface area contributed by atoms with Gasteiger partial charge in [0.05, 0.1) is 0 Å². The summed E-state index contributed by atoms with van der Waals surface area (Å²) in [5.74, 6) is 0. The van der Waals surface area contributed by atoms with E-state index in [4.69, 9.17) is 0 Å². The van der Waals surface area contributed by atoms with Gasteiger partial charge in [-0.05, 0) is 51.7 Å². The molecule has 110 valence electrons. The first kappa shape index (κ1) is 17.9. The standard InChI is InChI=1S/C12H24N2.2C2H6/c1-4-13-7-5-12(9-13)6-8-14(10-12)11(2)3;2*1-2/h11H,4-10H2,1-3H3;2*1-2H3. The van der Waals surface area contributed by atoms with Crippen molar-refractivity contribution in [3.8, 4) is 0 Å². The Balaban J connectivity index is 0.000000659. The Morgan fingerprint density at radius 2 is 1.50 bits per heavy atom. The molecule has 0 N–H and O–H groups in total. The molecule has 0 amide bonds. The first-order chi connectivity index (χ1) is 8.65. The molecular weight excluding hydrogens is 220 g/mol. The van der Waals surface area contributed by atoms with Gasteiger partial charge in [-0.15, -0.1) is 0 Å². The summed E-state index contributed by atoms with van der Waals surface area (Å²) in [4.78, 5) is 5.27. The van der Waals surface area contributed by atoms with Crippen LogP contribution in [-0.2, 0) is 0 Å². The van der Waals surface area contributed by atoms with E-state index in [9.17, 15) is 0 Å². The van der Waals surface area contributed by atoms with Crippen LogP contribution in [0.4, 0.5) is 0 Å². The molecule has 0 saturated carbocycles. The van der Waals surface area contributed by atoms with Crippen molar-refractivity contribution in [1.29, 1.82) is 0 Å². The van der Waals surface area contributed by atoms with E-state index < -0.39 is 0 Å². The largest absolute Gasteiger partial charge is 0.303 e. The van der Waals surface area contributed by atoms with E-state index in [1.54, 1.807) is 0 Å². The van der Waals surface area contributed by atoms with Gasteiger partial charge in [-0.1, -0.05) is 34.6 Å². The fraction of sp³-hybridized carbons (Fsp3) is 1.00. The van der Waals surface area contributed by atoms with Crippen LogP contribution in [0.3, 0.4) is 0 Å². The van der Waals surface area contributed by atoms with Crippen molar-refractivity contribution >= 4 is 0 Å². The van der Waals surface area contributed by atoms with Gasteiger partial charge in [0, 0.05) is 19.1 Å². The predicted octanol–water partition coefficient (Wildman–Crippen LogP) is 3.86. The summed E-state index contributed by atoms with van der Waals surface area (Å²) in [6, 6.07) is 0.741. The van der Waals surface area contributed by atoms with Gasteiger partial charge in [0.15, 0.2) is 0 Å². The van der Waals surface area contributed by atoms with Crippen LogP contribution in [0.2, 0.25) is 0 Å². The molecule has 2 nitrogen and oxygen atoms in total. The molecule has 2 heterocycles. The minimum absolute atomic E-state index is 0.667. The summed E-state index contributed by atoms with van der Waals surface area (Å²) in [5.41, 5.74) is 0.667. The number of likely N-dealkylation sites (tertiary alicyclic amines) is 2. The van der Waals surface area contributed by atoms with Crippen molar-refractivity contribution in [3.63, 3.8) is 0 Å². The lowest BCUT2D eigenvalue weighted by Gasteiger charge is -2.26. The van der Waals surface area contributed by atoms with E-state index in [1.165, 1.54) is 45.6 Å². The van der Waals surface area contributed by atoms with Gasteiger partial charge < -0.3 is 9.80 Å². The van der Waals surface area contributed by atoms with Crippen molar-refractivity contribution < 1.29 is 0 Å². The van der Waals surface area contributed by atoms with Crippen molar-refractivity contribution in [2.45, 2.75) is 67.3 Å². The summed E-state index contributed by atoms with van der Waals surface area (Å²) in [7, 11) is 0. The third kappa shape index (κ3) is 4.55. The van der Waals surface area contributed by atoms with Crippen molar-refractivity contribution in [3.05, 3.63) is 0 Å². The van der Waals surface area contributed by atoms with Gasteiger partial charge in [-0.2, -0.15) is 0 Å². The minimum atomic E-state index is 0.667. The van der Waals surface area contributed by atoms with Crippen LogP contribution in [0.1, 0.15) is 61.3 Å². The Labute approximate surface area is 116 Å². The molecule has 1 atom stereocenters. The molecule has 0 aromatic rings. The molecule has 1 spiro atoms. The Kier molecular flexibility index (Phi) is 8.89. The highest BCUT2D eigenvalue weighted by atomic mass is 15.2. The normalized spacial score (nSPS) is 28.0. The number of nitrogens with zero attached hydrogens (tertiary/aromatic N) is 2. The smallest absolute Gasteiger partial charge is 0.00539 e.